The second-order valence-electron chi connectivity index (χ2n) is 5.36. The van der Waals surface area contributed by atoms with Gasteiger partial charge in [0.1, 0.15) is 11.5 Å². The predicted molar refractivity (Wildman–Crippen MR) is 92.8 cm³/mol. The Kier molecular flexibility index (Phi) is 4.35. The molecule has 0 saturated heterocycles. The molecule has 0 heterocycles. The van der Waals surface area contributed by atoms with E-state index in [1.165, 1.54) is 6.26 Å². The molecule has 1 aliphatic carbocycles. The molecular formula is C19H17O3S. The summed E-state index contributed by atoms with van der Waals surface area (Å²) in [6, 6.07) is 17.2. The van der Waals surface area contributed by atoms with E-state index in [-0.39, 0.29) is 0 Å². The third-order valence-corrected chi connectivity index (χ3v) is 4.69. The summed E-state index contributed by atoms with van der Waals surface area (Å²) < 4.78 is 29.1. The summed E-state index contributed by atoms with van der Waals surface area (Å²) in [6.45, 7) is 0. The highest BCUT2D eigenvalue weighted by Crippen LogP contribution is 2.29. The molecule has 0 bridgehead atoms. The topological polar surface area (TPSA) is 43.4 Å². The second-order valence-corrected chi connectivity index (χ2v) is 7.37. The number of benzene rings is 2. The zero-order chi connectivity index (χ0) is 16.3. The van der Waals surface area contributed by atoms with Crippen molar-refractivity contribution in [3.63, 3.8) is 0 Å². The Labute approximate surface area is 136 Å². The SMILES string of the molecule is CS(=O)(=O)C1=CC[CH]C(c2ccc(Oc3ccccc3)cc2)=C1. The van der Waals surface area contributed by atoms with Crippen LogP contribution in [0.2, 0.25) is 0 Å². The third kappa shape index (κ3) is 3.90. The number of hydrogen-bond donors (Lipinski definition) is 0. The van der Waals surface area contributed by atoms with Gasteiger partial charge in [0.2, 0.25) is 0 Å². The Balaban J connectivity index is 1.80. The Morgan fingerprint density at radius 3 is 2.22 bits per heavy atom. The van der Waals surface area contributed by atoms with E-state index in [0.29, 0.717) is 11.3 Å². The highest BCUT2D eigenvalue weighted by molar-refractivity contribution is 7.94. The first kappa shape index (κ1) is 15.6. The first-order valence-corrected chi connectivity index (χ1v) is 9.20. The molecule has 0 spiro atoms. The van der Waals surface area contributed by atoms with Crippen molar-refractivity contribution < 1.29 is 13.2 Å². The van der Waals surface area contributed by atoms with Gasteiger partial charge in [0, 0.05) is 6.26 Å². The van der Waals surface area contributed by atoms with Gasteiger partial charge >= 0.3 is 0 Å². The molecule has 0 N–H and O–H groups in total. The molecule has 0 aromatic heterocycles. The van der Waals surface area contributed by atoms with Crippen molar-refractivity contribution in [1.29, 1.82) is 0 Å². The number of allylic oxidation sites excluding steroid dienone is 3. The molecule has 1 radical (unpaired) electrons. The average molecular weight is 325 g/mol. The van der Waals surface area contributed by atoms with E-state index < -0.39 is 9.84 Å². The highest BCUT2D eigenvalue weighted by atomic mass is 32.2. The number of rotatable bonds is 4. The van der Waals surface area contributed by atoms with E-state index >= 15 is 0 Å². The molecule has 0 fully saturated rings. The van der Waals surface area contributed by atoms with Gasteiger partial charge in [-0.05, 0) is 54.3 Å². The van der Waals surface area contributed by atoms with Crippen LogP contribution in [0.3, 0.4) is 0 Å². The highest BCUT2D eigenvalue weighted by Gasteiger charge is 2.15. The molecule has 2 aromatic carbocycles. The minimum Gasteiger partial charge on any atom is -0.457 e. The molecular weight excluding hydrogens is 308 g/mol. The van der Waals surface area contributed by atoms with Gasteiger partial charge in [0.15, 0.2) is 9.84 Å². The largest absolute Gasteiger partial charge is 0.457 e. The van der Waals surface area contributed by atoms with Crippen molar-refractivity contribution >= 4 is 15.4 Å². The van der Waals surface area contributed by atoms with Crippen LogP contribution in [0.5, 0.6) is 11.5 Å². The zero-order valence-corrected chi connectivity index (χ0v) is 13.6. The van der Waals surface area contributed by atoms with Crippen LogP contribution in [0, 0.1) is 6.42 Å². The monoisotopic (exact) mass is 325 g/mol. The van der Waals surface area contributed by atoms with Crippen molar-refractivity contribution in [3.8, 4) is 11.5 Å². The standard InChI is InChI=1S/C19H17O3S/c1-23(20,21)19-9-5-6-16(14-19)15-10-12-18(13-11-15)22-17-7-3-2-4-8-17/h2-4,6-14H,5H2,1H3. The van der Waals surface area contributed by atoms with Crippen LogP contribution >= 0.6 is 0 Å². The van der Waals surface area contributed by atoms with Crippen molar-refractivity contribution in [2.75, 3.05) is 6.26 Å². The molecule has 0 unspecified atom stereocenters. The minimum atomic E-state index is -3.18. The first-order chi connectivity index (χ1) is 11.0. The fourth-order valence-corrected chi connectivity index (χ4v) is 3.11. The third-order valence-electron chi connectivity index (χ3n) is 3.55. The molecule has 3 nitrogen and oxygen atoms in total. The van der Waals surface area contributed by atoms with E-state index in [1.54, 1.807) is 12.2 Å². The van der Waals surface area contributed by atoms with E-state index in [2.05, 4.69) is 0 Å². The van der Waals surface area contributed by atoms with Gasteiger partial charge in [-0.15, -0.1) is 0 Å². The van der Waals surface area contributed by atoms with E-state index in [0.717, 1.165) is 22.6 Å². The lowest BCUT2D eigenvalue weighted by atomic mass is 9.97. The Bertz CT molecular complexity index is 845. The summed E-state index contributed by atoms with van der Waals surface area (Å²) >= 11 is 0. The van der Waals surface area contributed by atoms with Crippen molar-refractivity contribution in [3.05, 3.63) is 83.6 Å². The molecule has 1 aliphatic rings. The lowest BCUT2D eigenvalue weighted by Gasteiger charge is -2.13. The summed E-state index contributed by atoms with van der Waals surface area (Å²) in [6.07, 6.45) is 7.31. The smallest absolute Gasteiger partial charge is 0.175 e. The van der Waals surface area contributed by atoms with Gasteiger partial charge in [-0.1, -0.05) is 36.4 Å². The minimum absolute atomic E-state index is 0.375. The number of sulfone groups is 1. The van der Waals surface area contributed by atoms with Gasteiger partial charge < -0.3 is 4.74 Å². The summed E-state index contributed by atoms with van der Waals surface area (Å²) in [5.74, 6) is 1.53. The molecule has 0 atom stereocenters. The van der Waals surface area contributed by atoms with Gasteiger partial charge in [-0.3, -0.25) is 0 Å². The summed E-state index contributed by atoms with van der Waals surface area (Å²) in [5.41, 5.74) is 1.89. The summed E-state index contributed by atoms with van der Waals surface area (Å²) in [4.78, 5) is 0.375. The summed E-state index contributed by atoms with van der Waals surface area (Å²) in [5, 5.41) is 0. The zero-order valence-electron chi connectivity index (χ0n) is 12.8. The Morgan fingerprint density at radius 2 is 1.57 bits per heavy atom. The molecule has 4 heteroatoms. The second kappa shape index (κ2) is 6.42. The number of hydrogen-bond acceptors (Lipinski definition) is 3. The Morgan fingerprint density at radius 1 is 0.913 bits per heavy atom. The van der Waals surface area contributed by atoms with Gasteiger partial charge in [0.05, 0.1) is 4.91 Å². The molecule has 0 saturated carbocycles. The number of para-hydroxylation sites is 1. The van der Waals surface area contributed by atoms with Crippen LogP contribution in [0.25, 0.3) is 5.57 Å². The van der Waals surface area contributed by atoms with Crippen LogP contribution in [-0.4, -0.2) is 14.7 Å². The van der Waals surface area contributed by atoms with Gasteiger partial charge in [-0.25, -0.2) is 8.42 Å². The maximum absolute atomic E-state index is 11.7. The predicted octanol–water partition coefficient (Wildman–Crippen LogP) is 4.40. The molecule has 3 rings (SSSR count). The van der Waals surface area contributed by atoms with Crippen LogP contribution in [0.4, 0.5) is 0 Å². The van der Waals surface area contributed by atoms with E-state index in [9.17, 15) is 8.42 Å². The van der Waals surface area contributed by atoms with Crippen molar-refractivity contribution in [2.45, 2.75) is 6.42 Å². The van der Waals surface area contributed by atoms with Crippen LogP contribution in [0.1, 0.15) is 12.0 Å². The van der Waals surface area contributed by atoms with Crippen molar-refractivity contribution in [2.24, 2.45) is 0 Å². The van der Waals surface area contributed by atoms with Gasteiger partial charge in [-0.2, -0.15) is 0 Å². The average Bonchev–Trinajstić information content (AvgIpc) is 2.56. The molecule has 0 amide bonds. The van der Waals surface area contributed by atoms with E-state index in [1.807, 2.05) is 61.0 Å². The Hall–Kier alpha value is -2.33. The maximum Gasteiger partial charge on any atom is 0.175 e. The molecule has 0 aliphatic heterocycles. The summed E-state index contributed by atoms with van der Waals surface area (Å²) in [7, 11) is -3.18. The molecule has 117 valence electrons. The quantitative estimate of drug-likeness (QED) is 0.837. The fourth-order valence-electron chi connectivity index (χ4n) is 2.37. The number of ether oxygens (including phenoxy) is 1. The normalized spacial score (nSPS) is 14.8. The lowest BCUT2D eigenvalue weighted by Crippen LogP contribution is -2.03. The van der Waals surface area contributed by atoms with Crippen molar-refractivity contribution in [1.82, 2.24) is 0 Å². The molecule has 2 aromatic rings. The lowest BCUT2D eigenvalue weighted by molar-refractivity contribution is 0.482. The van der Waals surface area contributed by atoms with Crippen LogP contribution in [-0.2, 0) is 9.84 Å². The van der Waals surface area contributed by atoms with Crippen LogP contribution < -0.4 is 4.74 Å². The van der Waals surface area contributed by atoms with Gasteiger partial charge in [0.25, 0.3) is 0 Å². The fraction of sp³-hybridized carbons (Fsp3) is 0.105. The van der Waals surface area contributed by atoms with E-state index in [4.69, 9.17) is 4.74 Å². The maximum atomic E-state index is 11.7. The first-order valence-electron chi connectivity index (χ1n) is 7.31. The molecule has 23 heavy (non-hydrogen) atoms. The van der Waals surface area contributed by atoms with Crippen LogP contribution in [0.15, 0.2) is 71.7 Å².